The van der Waals surface area contributed by atoms with Crippen LogP contribution in [-0.4, -0.2) is 36.8 Å². The first-order valence-corrected chi connectivity index (χ1v) is 6.91. The van der Waals surface area contributed by atoms with Crippen molar-refractivity contribution in [3.8, 4) is 0 Å². The van der Waals surface area contributed by atoms with Crippen molar-refractivity contribution < 1.29 is 27.9 Å². The van der Waals surface area contributed by atoms with Crippen LogP contribution in [0.3, 0.4) is 0 Å². The molecule has 1 aromatic carbocycles. The number of aromatic carboxylic acids is 1. The normalized spacial score (nSPS) is 19.4. The van der Waals surface area contributed by atoms with Crippen molar-refractivity contribution in [3.63, 3.8) is 0 Å². The summed E-state index contributed by atoms with van der Waals surface area (Å²) in [5, 5.41) is 8.87. The van der Waals surface area contributed by atoms with Gasteiger partial charge < -0.3 is 5.11 Å². The van der Waals surface area contributed by atoms with Crippen LogP contribution in [0, 0.1) is 0 Å². The molecule has 1 N–H and O–H groups in total. The number of carboxylic acid groups (broad SMARTS) is 1. The largest absolute Gasteiger partial charge is 0.478 e. The fourth-order valence-corrected chi connectivity index (χ4v) is 2.72. The molecule has 1 aromatic rings. The molecule has 0 saturated carbocycles. The second-order valence-corrected chi connectivity index (χ2v) is 5.51. The second kappa shape index (κ2) is 6.68. The third-order valence-electron chi connectivity index (χ3n) is 2.30. The van der Waals surface area contributed by atoms with Crippen LogP contribution in [-0.2, 0) is 10.0 Å². The zero-order valence-electron chi connectivity index (χ0n) is 17.3. The van der Waals surface area contributed by atoms with Crippen LogP contribution in [0.1, 0.15) is 46.5 Å². The molecule has 0 bridgehead atoms. The Morgan fingerprint density at radius 3 is 2.53 bits per heavy atom. The SMILES string of the molecule is [2H]C([2H])([2H])C([2H])([2H])C([2H])([2H])N(CCC)S(=O)(=O)c1ccc(C(=O)O)cc1. The summed E-state index contributed by atoms with van der Waals surface area (Å²) in [4.78, 5) is 10.4. The van der Waals surface area contributed by atoms with Gasteiger partial charge in [0.25, 0.3) is 0 Å². The Morgan fingerprint density at radius 2 is 2.05 bits per heavy atom. The van der Waals surface area contributed by atoms with Crippen LogP contribution in [0.2, 0.25) is 0 Å². The number of benzene rings is 1. The minimum absolute atomic E-state index is 0.100. The third kappa shape index (κ3) is 3.78. The van der Waals surface area contributed by atoms with Gasteiger partial charge in [0.05, 0.1) is 10.5 Å². The molecule has 6 heteroatoms. The third-order valence-corrected chi connectivity index (χ3v) is 4.02. The van der Waals surface area contributed by atoms with E-state index in [1.54, 1.807) is 0 Å². The van der Waals surface area contributed by atoms with E-state index < -0.39 is 47.2 Å². The Hall–Kier alpha value is -1.40. The highest BCUT2D eigenvalue weighted by molar-refractivity contribution is 7.89. The quantitative estimate of drug-likeness (QED) is 0.836. The molecular formula is C13H19NO4S. The van der Waals surface area contributed by atoms with Gasteiger partial charge in [-0.3, -0.25) is 0 Å². The summed E-state index contributed by atoms with van der Waals surface area (Å²) in [5.41, 5.74) is -0.188. The molecule has 0 fully saturated rings. The minimum atomic E-state index is -4.63. The molecule has 0 amide bonds. The van der Waals surface area contributed by atoms with E-state index >= 15 is 0 Å². The van der Waals surface area contributed by atoms with Crippen LogP contribution in [0.5, 0.6) is 0 Å². The Labute approximate surface area is 123 Å². The standard InChI is InChI=1S/C13H19NO4S/c1-3-9-14(10-4-2)19(17,18)12-7-5-11(6-8-12)13(15)16/h5-8H,3-4,9-10H2,1-2H3,(H,15,16)/i1D3,3D2,9D2. The van der Waals surface area contributed by atoms with Crippen LogP contribution >= 0.6 is 0 Å². The predicted molar refractivity (Wildman–Crippen MR) is 72.7 cm³/mol. The van der Waals surface area contributed by atoms with Crippen LogP contribution < -0.4 is 0 Å². The maximum atomic E-state index is 12.8. The number of hydrogen-bond donors (Lipinski definition) is 1. The van der Waals surface area contributed by atoms with Crippen molar-refractivity contribution in [2.24, 2.45) is 0 Å². The second-order valence-electron chi connectivity index (χ2n) is 3.64. The molecule has 19 heavy (non-hydrogen) atoms. The fourth-order valence-electron chi connectivity index (χ4n) is 1.40. The molecule has 0 aromatic heterocycles. The zero-order valence-corrected chi connectivity index (χ0v) is 11.1. The first-order chi connectivity index (χ1) is 11.6. The van der Waals surface area contributed by atoms with Gasteiger partial charge >= 0.3 is 5.97 Å². The summed E-state index contributed by atoms with van der Waals surface area (Å²) in [6, 6.07) is 3.91. The number of nitrogens with zero attached hydrogens (tertiary/aromatic N) is 1. The first-order valence-electron chi connectivity index (χ1n) is 8.97. The molecule has 0 atom stereocenters. The molecule has 0 aliphatic heterocycles. The van der Waals surface area contributed by atoms with E-state index in [0.717, 1.165) is 24.3 Å². The maximum absolute atomic E-state index is 12.8. The lowest BCUT2D eigenvalue weighted by molar-refractivity contribution is 0.0696. The molecule has 0 saturated heterocycles. The molecule has 0 spiro atoms. The highest BCUT2D eigenvalue weighted by Crippen LogP contribution is 2.17. The van der Waals surface area contributed by atoms with Gasteiger partial charge in [-0.25, -0.2) is 13.2 Å². The van der Waals surface area contributed by atoms with Crippen molar-refractivity contribution in [3.05, 3.63) is 29.8 Å². The van der Waals surface area contributed by atoms with Crippen molar-refractivity contribution in [2.45, 2.75) is 31.5 Å². The number of sulfonamides is 1. The molecule has 106 valence electrons. The van der Waals surface area contributed by atoms with Crippen LogP contribution in [0.15, 0.2) is 29.2 Å². The highest BCUT2D eigenvalue weighted by atomic mass is 32.2. The average Bonchev–Trinajstić information content (AvgIpc) is 2.51. The number of hydrogen-bond acceptors (Lipinski definition) is 3. The Bertz CT molecular complexity index is 760. The number of rotatable bonds is 7. The van der Waals surface area contributed by atoms with E-state index in [1.807, 2.05) is 0 Å². The van der Waals surface area contributed by atoms with E-state index in [1.165, 1.54) is 6.92 Å². The van der Waals surface area contributed by atoms with Crippen molar-refractivity contribution in [2.75, 3.05) is 13.0 Å². The Balaban J connectivity index is 3.49. The van der Waals surface area contributed by atoms with Gasteiger partial charge in [-0.05, 0) is 37.1 Å². The average molecular weight is 292 g/mol. The number of carbonyl (C=O) groups is 1. The molecule has 0 heterocycles. The smallest absolute Gasteiger partial charge is 0.335 e. The van der Waals surface area contributed by atoms with Gasteiger partial charge in [0, 0.05) is 22.6 Å². The van der Waals surface area contributed by atoms with E-state index in [4.69, 9.17) is 14.7 Å². The van der Waals surface area contributed by atoms with E-state index in [2.05, 4.69) is 0 Å². The van der Waals surface area contributed by atoms with Gasteiger partial charge in [-0.1, -0.05) is 13.8 Å². The number of carboxylic acids is 1. The van der Waals surface area contributed by atoms with Crippen molar-refractivity contribution >= 4 is 16.0 Å². The van der Waals surface area contributed by atoms with E-state index in [-0.39, 0.29) is 16.3 Å². The van der Waals surface area contributed by atoms with Crippen LogP contribution in [0.25, 0.3) is 0 Å². The lowest BCUT2D eigenvalue weighted by atomic mass is 10.2. The summed E-state index contributed by atoms with van der Waals surface area (Å²) in [7, 11) is -4.63. The summed E-state index contributed by atoms with van der Waals surface area (Å²) in [6.07, 6.45) is -3.38. The Morgan fingerprint density at radius 1 is 1.42 bits per heavy atom. The summed E-state index contributed by atoms with van der Waals surface area (Å²) in [5.74, 6) is -1.28. The molecular weight excluding hydrogens is 266 g/mol. The monoisotopic (exact) mass is 292 g/mol. The summed E-state index contributed by atoms with van der Waals surface area (Å²) in [6.45, 7) is -5.73. The van der Waals surface area contributed by atoms with Gasteiger partial charge in [-0.2, -0.15) is 4.31 Å². The lowest BCUT2D eigenvalue weighted by Crippen LogP contribution is -2.32. The predicted octanol–water partition coefficient (Wildman–Crippen LogP) is 2.20. The molecule has 0 aliphatic rings. The Kier molecular flexibility index (Phi) is 2.82. The molecule has 1 rings (SSSR count). The fraction of sp³-hybridized carbons (Fsp3) is 0.462. The molecule has 0 unspecified atom stereocenters. The van der Waals surface area contributed by atoms with Gasteiger partial charge in [0.15, 0.2) is 0 Å². The zero-order chi connectivity index (χ0) is 20.6. The molecule has 0 aliphatic carbocycles. The summed E-state index contributed by atoms with van der Waals surface area (Å²) >= 11 is 0. The maximum Gasteiger partial charge on any atom is 0.335 e. The highest BCUT2D eigenvalue weighted by Gasteiger charge is 2.23. The van der Waals surface area contributed by atoms with Crippen molar-refractivity contribution in [1.82, 2.24) is 4.31 Å². The minimum Gasteiger partial charge on any atom is -0.478 e. The van der Waals surface area contributed by atoms with Gasteiger partial charge in [0.2, 0.25) is 10.0 Å². The molecule has 0 radical (unpaired) electrons. The van der Waals surface area contributed by atoms with E-state index in [9.17, 15) is 13.2 Å². The topological polar surface area (TPSA) is 74.7 Å². The first kappa shape index (κ1) is 8.01. The van der Waals surface area contributed by atoms with Crippen molar-refractivity contribution in [1.29, 1.82) is 0 Å². The van der Waals surface area contributed by atoms with Crippen LogP contribution in [0.4, 0.5) is 0 Å². The molecule has 5 nitrogen and oxygen atoms in total. The summed E-state index contributed by atoms with van der Waals surface area (Å²) < 4.78 is 78.7. The van der Waals surface area contributed by atoms with E-state index in [0.29, 0.717) is 0 Å². The van der Waals surface area contributed by atoms with Gasteiger partial charge in [0.1, 0.15) is 0 Å². The lowest BCUT2D eigenvalue weighted by Gasteiger charge is -2.20. The van der Waals surface area contributed by atoms with Gasteiger partial charge in [-0.15, -0.1) is 0 Å².